The molecule has 0 amide bonds. The first-order valence-electron chi connectivity index (χ1n) is 6.27. The summed E-state index contributed by atoms with van der Waals surface area (Å²) < 4.78 is 15.9. The molecule has 0 bridgehead atoms. The van der Waals surface area contributed by atoms with Gasteiger partial charge in [0.25, 0.3) is 0 Å². The molecule has 104 valence electrons. The molecule has 1 N–H and O–H groups in total. The predicted octanol–water partition coefficient (Wildman–Crippen LogP) is 1.42. The summed E-state index contributed by atoms with van der Waals surface area (Å²) in [6, 6.07) is 5.36. The first kappa shape index (κ1) is 12.5. The highest BCUT2D eigenvalue weighted by Crippen LogP contribution is 2.34. The van der Waals surface area contributed by atoms with Crippen LogP contribution in [0.15, 0.2) is 18.2 Å². The molecule has 0 aliphatic carbocycles. The Hall–Kier alpha value is -2.57. The Morgan fingerprint density at radius 3 is 2.90 bits per heavy atom. The van der Waals surface area contributed by atoms with E-state index in [1.807, 2.05) is 0 Å². The minimum atomic E-state index is -0.508. The summed E-state index contributed by atoms with van der Waals surface area (Å²) in [6.45, 7) is 3.05. The first-order chi connectivity index (χ1) is 9.79. The fraction of sp³-hybridized carbons (Fsp3) is 0.308. The van der Waals surface area contributed by atoms with Gasteiger partial charge in [0.2, 0.25) is 0 Å². The van der Waals surface area contributed by atoms with E-state index in [-0.39, 0.29) is 12.3 Å². The van der Waals surface area contributed by atoms with Gasteiger partial charge in [-0.2, -0.15) is 10.3 Å². The number of nitrogens with one attached hydrogen (secondary N) is 1. The van der Waals surface area contributed by atoms with E-state index in [0.29, 0.717) is 36.0 Å². The lowest BCUT2D eigenvalue weighted by molar-refractivity contribution is 0.0520. The Labute approximate surface area is 114 Å². The lowest BCUT2D eigenvalue weighted by atomic mass is 10.1. The molecule has 1 aliphatic heterocycles. The van der Waals surface area contributed by atoms with Gasteiger partial charge in [0.1, 0.15) is 18.9 Å². The van der Waals surface area contributed by atoms with Gasteiger partial charge >= 0.3 is 5.97 Å². The van der Waals surface area contributed by atoms with Crippen molar-refractivity contribution in [1.82, 2.24) is 15.4 Å². The van der Waals surface area contributed by atoms with Gasteiger partial charge in [-0.15, -0.1) is 5.10 Å². The molecule has 2 heterocycles. The quantitative estimate of drug-likeness (QED) is 0.852. The highest BCUT2D eigenvalue weighted by atomic mass is 16.6. The fourth-order valence-corrected chi connectivity index (χ4v) is 1.96. The standard InChI is InChI=1S/C13H13N3O4/c1-2-18-13(17)12-11(14-16-15-12)8-3-4-9-10(7-8)20-6-5-19-9/h3-4,7H,2,5-6H2,1H3,(H,14,15,16). The Morgan fingerprint density at radius 1 is 1.30 bits per heavy atom. The molecule has 3 rings (SSSR count). The second kappa shape index (κ2) is 5.20. The van der Waals surface area contributed by atoms with E-state index in [9.17, 15) is 4.79 Å². The summed E-state index contributed by atoms with van der Waals surface area (Å²) in [7, 11) is 0. The topological polar surface area (TPSA) is 86.3 Å². The van der Waals surface area contributed by atoms with E-state index < -0.39 is 5.97 Å². The fourth-order valence-electron chi connectivity index (χ4n) is 1.96. The zero-order chi connectivity index (χ0) is 13.9. The molecule has 0 spiro atoms. The summed E-state index contributed by atoms with van der Waals surface area (Å²) in [5, 5.41) is 10.3. The summed E-state index contributed by atoms with van der Waals surface area (Å²) in [5.74, 6) is 0.805. The molecule has 1 aromatic carbocycles. The van der Waals surface area contributed by atoms with Crippen molar-refractivity contribution >= 4 is 5.97 Å². The largest absolute Gasteiger partial charge is 0.486 e. The minimum Gasteiger partial charge on any atom is -0.486 e. The lowest BCUT2D eigenvalue weighted by Gasteiger charge is -2.18. The Morgan fingerprint density at radius 2 is 2.10 bits per heavy atom. The number of hydrogen-bond acceptors (Lipinski definition) is 6. The predicted molar refractivity (Wildman–Crippen MR) is 68.8 cm³/mol. The molecule has 1 aliphatic rings. The third-order valence-electron chi connectivity index (χ3n) is 2.83. The number of hydrogen-bond donors (Lipinski definition) is 1. The normalized spacial score (nSPS) is 13.1. The number of H-pyrrole nitrogens is 1. The maximum Gasteiger partial charge on any atom is 0.361 e. The molecule has 2 aromatic rings. The van der Waals surface area contributed by atoms with E-state index in [1.54, 1.807) is 25.1 Å². The Balaban J connectivity index is 1.97. The van der Waals surface area contributed by atoms with Crippen molar-refractivity contribution in [3.8, 4) is 22.8 Å². The van der Waals surface area contributed by atoms with E-state index >= 15 is 0 Å². The van der Waals surface area contributed by atoms with Gasteiger partial charge in [-0.3, -0.25) is 0 Å². The van der Waals surface area contributed by atoms with Crippen LogP contribution >= 0.6 is 0 Å². The molecule has 0 radical (unpaired) electrons. The molecule has 0 saturated heterocycles. The average Bonchev–Trinajstić information content (AvgIpc) is 2.96. The van der Waals surface area contributed by atoms with Crippen LogP contribution in [0.25, 0.3) is 11.3 Å². The summed E-state index contributed by atoms with van der Waals surface area (Å²) in [6.07, 6.45) is 0. The van der Waals surface area contributed by atoms with Crippen LogP contribution in [0, 0.1) is 0 Å². The highest BCUT2D eigenvalue weighted by molar-refractivity contribution is 5.94. The van der Waals surface area contributed by atoms with E-state index in [1.165, 1.54) is 0 Å². The summed E-state index contributed by atoms with van der Waals surface area (Å²) >= 11 is 0. The summed E-state index contributed by atoms with van der Waals surface area (Å²) in [4.78, 5) is 11.8. The van der Waals surface area contributed by atoms with Gasteiger partial charge in [-0.05, 0) is 25.1 Å². The third-order valence-corrected chi connectivity index (χ3v) is 2.83. The number of benzene rings is 1. The molecule has 7 nitrogen and oxygen atoms in total. The van der Waals surface area contributed by atoms with Crippen molar-refractivity contribution in [3.05, 3.63) is 23.9 Å². The average molecular weight is 275 g/mol. The van der Waals surface area contributed by atoms with Crippen LogP contribution in [0.5, 0.6) is 11.5 Å². The zero-order valence-electron chi connectivity index (χ0n) is 10.9. The molecule has 0 fully saturated rings. The van der Waals surface area contributed by atoms with Crippen molar-refractivity contribution in [2.75, 3.05) is 19.8 Å². The maximum atomic E-state index is 11.8. The van der Waals surface area contributed by atoms with Crippen molar-refractivity contribution in [1.29, 1.82) is 0 Å². The second-order valence-corrected chi connectivity index (χ2v) is 4.10. The molecule has 0 unspecified atom stereocenters. The van der Waals surface area contributed by atoms with Gasteiger partial charge in [0.15, 0.2) is 17.2 Å². The second-order valence-electron chi connectivity index (χ2n) is 4.10. The number of carbonyl (C=O) groups excluding carboxylic acids is 1. The van der Waals surface area contributed by atoms with Gasteiger partial charge in [0.05, 0.1) is 6.61 Å². The van der Waals surface area contributed by atoms with Gasteiger partial charge in [0, 0.05) is 5.56 Å². The highest BCUT2D eigenvalue weighted by Gasteiger charge is 2.21. The maximum absolute atomic E-state index is 11.8. The third kappa shape index (κ3) is 2.18. The smallest absolute Gasteiger partial charge is 0.361 e. The number of aromatic amines is 1. The van der Waals surface area contributed by atoms with Gasteiger partial charge in [-0.1, -0.05) is 0 Å². The molecular weight excluding hydrogens is 262 g/mol. The molecule has 20 heavy (non-hydrogen) atoms. The molecule has 7 heteroatoms. The monoisotopic (exact) mass is 275 g/mol. The molecular formula is C13H13N3O4. The number of fused-ring (bicyclic) bond motifs is 1. The van der Waals surface area contributed by atoms with E-state index in [0.717, 1.165) is 0 Å². The van der Waals surface area contributed by atoms with Crippen molar-refractivity contribution in [3.63, 3.8) is 0 Å². The number of rotatable bonds is 3. The van der Waals surface area contributed by atoms with Crippen molar-refractivity contribution < 1.29 is 19.0 Å². The van der Waals surface area contributed by atoms with Crippen LogP contribution < -0.4 is 9.47 Å². The van der Waals surface area contributed by atoms with Crippen LogP contribution in [0.3, 0.4) is 0 Å². The van der Waals surface area contributed by atoms with Crippen LogP contribution in [0.2, 0.25) is 0 Å². The SMILES string of the molecule is CCOC(=O)c1n[nH]nc1-c1ccc2c(c1)OCCO2. The van der Waals surface area contributed by atoms with Crippen LogP contribution in [-0.4, -0.2) is 41.2 Å². The van der Waals surface area contributed by atoms with Crippen molar-refractivity contribution in [2.45, 2.75) is 6.92 Å². The number of carbonyl (C=O) groups is 1. The number of aromatic nitrogens is 3. The van der Waals surface area contributed by atoms with Crippen molar-refractivity contribution in [2.24, 2.45) is 0 Å². The molecule has 0 saturated carbocycles. The van der Waals surface area contributed by atoms with E-state index in [4.69, 9.17) is 14.2 Å². The number of nitrogens with zero attached hydrogens (tertiary/aromatic N) is 2. The van der Waals surface area contributed by atoms with Gasteiger partial charge < -0.3 is 14.2 Å². The van der Waals surface area contributed by atoms with Crippen LogP contribution in [0.4, 0.5) is 0 Å². The lowest BCUT2D eigenvalue weighted by Crippen LogP contribution is -2.15. The molecule has 1 aromatic heterocycles. The first-order valence-corrected chi connectivity index (χ1v) is 6.27. The van der Waals surface area contributed by atoms with E-state index in [2.05, 4.69) is 15.4 Å². The number of ether oxygens (including phenoxy) is 3. The summed E-state index contributed by atoms with van der Waals surface area (Å²) in [5.41, 5.74) is 1.30. The molecule has 0 atom stereocenters. The van der Waals surface area contributed by atoms with Gasteiger partial charge in [-0.25, -0.2) is 4.79 Å². The van der Waals surface area contributed by atoms with Crippen LogP contribution in [0.1, 0.15) is 17.4 Å². The number of esters is 1. The Kier molecular flexibility index (Phi) is 3.24. The Bertz CT molecular complexity index is 638. The minimum absolute atomic E-state index is 0.156. The van der Waals surface area contributed by atoms with Crippen LogP contribution in [-0.2, 0) is 4.74 Å². The zero-order valence-corrected chi connectivity index (χ0v) is 10.9.